The smallest absolute Gasteiger partial charge is 0.302 e. The second kappa shape index (κ2) is 18.7. The van der Waals surface area contributed by atoms with Crippen LogP contribution in [0, 0.1) is 21.4 Å². The van der Waals surface area contributed by atoms with Crippen LogP contribution in [0.4, 0.5) is 0 Å². The van der Waals surface area contributed by atoms with Gasteiger partial charge in [0.25, 0.3) is 0 Å². The molecule has 0 fully saturated rings. The molecule has 2 aromatic carbocycles. The molecule has 0 saturated carbocycles. The molecule has 2 rings (SSSR count). The highest BCUT2D eigenvalue weighted by molar-refractivity contribution is 14.1. The molecule has 39 heavy (non-hydrogen) atoms. The zero-order valence-electron chi connectivity index (χ0n) is 20.8. The number of carbonyl (C=O) groups is 3. The van der Waals surface area contributed by atoms with Crippen molar-refractivity contribution in [2.75, 3.05) is 0 Å². The van der Waals surface area contributed by atoms with E-state index in [0.29, 0.717) is 0 Å². The van der Waals surface area contributed by atoms with Crippen molar-refractivity contribution in [1.82, 2.24) is 0 Å². The van der Waals surface area contributed by atoms with Crippen molar-refractivity contribution >= 4 is 153 Å². The van der Waals surface area contributed by atoms with Crippen LogP contribution in [-0.4, -0.2) is 33.2 Å². The maximum atomic E-state index is 11.1. The molecule has 0 amide bonds. The Bertz CT molecular complexity index is 1040. The molecule has 0 heterocycles. The van der Waals surface area contributed by atoms with Gasteiger partial charge < -0.3 is 29.5 Å². The van der Waals surface area contributed by atoms with E-state index in [2.05, 4.69) is 136 Å². The lowest BCUT2D eigenvalue weighted by atomic mass is 10.1. The normalized spacial score (nSPS) is 10.5. The number of ether oxygens (including phenoxy) is 3. The molecule has 3 N–H and O–H groups in total. The molecule has 9 nitrogen and oxygen atoms in total. The van der Waals surface area contributed by atoms with Gasteiger partial charge in [-0.3, -0.25) is 14.4 Å². The molecule has 0 spiro atoms. The molecule has 0 aliphatic carbocycles. The fourth-order valence-electron chi connectivity index (χ4n) is 2.99. The van der Waals surface area contributed by atoms with Gasteiger partial charge in [-0.1, -0.05) is 0 Å². The van der Waals surface area contributed by atoms with Gasteiger partial charge in [-0.2, -0.15) is 0 Å². The van der Waals surface area contributed by atoms with Crippen molar-refractivity contribution < 1.29 is 43.9 Å². The minimum absolute atomic E-state index is 0.0759. The fraction of sp³-hybridized carbons (Fsp3) is 0.375. The summed E-state index contributed by atoms with van der Waals surface area (Å²) in [5.41, 5.74) is 4.75. The van der Waals surface area contributed by atoms with Gasteiger partial charge >= 0.3 is 17.9 Å². The Kier molecular flexibility index (Phi) is 18.3. The summed E-state index contributed by atoms with van der Waals surface area (Å²) in [6, 6.07) is 0. The number of hydrogen-bond acceptors (Lipinski definition) is 9. The Balaban J connectivity index is 0.000000434. The van der Waals surface area contributed by atoms with Crippen LogP contribution in [0.1, 0.15) is 54.2 Å². The summed E-state index contributed by atoms with van der Waals surface area (Å²) in [6.07, 6.45) is 0. The maximum Gasteiger partial charge on any atom is 0.302 e. The van der Waals surface area contributed by atoms with Crippen molar-refractivity contribution in [2.45, 2.75) is 60.4 Å². The number of carbonyl (C=O) groups excluding carboxylic acids is 3. The molecular weight excluding hydrogens is 1190 g/mol. The molecule has 0 atom stereocenters. The summed E-state index contributed by atoms with van der Waals surface area (Å²) in [5, 5.41) is 27.8. The van der Waals surface area contributed by atoms with Gasteiger partial charge in [0.15, 0.2) is 0 Å². The van der Waals surface area contributed by atoms with Gasteiger partial charge in [0.2, 0.25) is 0 Å². The lowest BCUT2D eigenvalue weighted by molar-refractivity contribution is -0.143. The number of halogens is 6. The molecule has 0 saturated heterocycles. The third kappa shape index (κ3) is 11.0. The zero-order chi connectivity index (χ0) is 30.0. The van der Waals surface area contributed by atoms with E-state index < -0.39 is 0 Å². The molecule has 0 aliphatic heterocycles. The van der Waals surface area contributed by atoms with Gasteiger partial charge in [-0.15, -0.1) is 0 Å². The minimum Gasteiger partial charge on any atom is -0.461 e. The first-order chi connectivity index (χ1) is 18.2. The van der Waals surface area contributed by atoms with Crippen molar-refractivity contribution in [3.8, 4) is 0 Å². The molecule has 0 unspecified atom stereocenters. The van der Waals surface area contributed by atoms with Gasteiger partial charge in [0.05, 0.1) is 19.8 Å². The first-order valence-corrected chi connectivity index (χ1v) is 17.3. The van der Waals surface area contributed by atoms with E-state index in [4.69, 9.17) is 14.2 Å². The topological polar surface area (TPSA) is 140 Å². The minimum atomic E-state index is -0.386. The monoisotopic (exact) mass is 1220 g/mol. The van der Waals surface area contributed by atoms with Gasteiger partial charge in [0.1, 0.15) is 19.8 Å². The van der Waals surface area contributed by atoms with E-state index in [9.17, 15) is 29.7 Å². The number of aliphatic hydroxyl groups is 3. The first kappa shape index (κ1) is 38.1. The van der Waals surface area contributed by atoms with E-state index in [0.717, 1.165) is 54.8 Å². The van der Waals surface area contributed by atoms with E-state index in [1.807, 2.05) is 0 Å². The third-order valence-electron chi connectivity index (χ3n) is 4.91. The highest BCUT2D eigenvalue weighted by atomic mass is 127. The maximum absolute atomic E-state index is 11.1. The predicted octanol–water partition coefficient (Wildman–Crippen LogP) is 5.67. The summed E-state index contributed by atoms with van der Waals surface area (Å²) < 4.78 is 20.6. The molecule has 0 aromatic heterocycles. The quantitative estimate of drug-likeness (QED) is 0.165. The van der Waals surface area contributed by atoms with E-state index in [-0.39, 0.29) is 57.5 Å². The standard InChI is InChI=1S/C15H15I3O6.C9H9I3O3/c1-7(19)22-4-10-13(16)11(5-23-8(2)20)15(18)12(14(10)17)6-24-9(3)21;10-7-4(1-13)8(11)6(3-15)9(12)5(7)2-14/h4-6H2,1-3H3;13-15H,1-3H2. The molecular formula is C24H24I6O9. The number of aliphatic hydroxyl groups excluding tert-OH is 3. The van der Waals surface area contributed by atoms with Gasteiger partial charge in [0, 0.05) is 75.6 Å². The Hall–Kier alpha value is 1.11. The van der Waals surface area contributed by atoms with Crippen molar-refractivity contribution in [2.24, 2.45) is 0 Å². The zero-order valence-corrected chi connectivity index (χ0v) is 33.7. The van der Waals surface area contributed by atoms with E-state index in [1.165, 1.54) is 20.8 Å². The summed E-state index contributed by atoms with van der Waals surface area (Å²) in [5.74, 6) is -1.16. The Morgan fingerprint density at radius 1 is 0.462 bits per heavy atom. The Labute approximate surface area is 308 Å². The SMILES string of the molecule is CC(=O)OCc1c(I)c(COC(C)=O)c(I)c(COC(C)=O)c1I.OCc1c(I)c(CO)c(I)c(CO)c1I. The van der Waals surface area contributed by atoms with Crippen LogP contribution in [-0.2, 0) is 68.2 Å². The molecule has 0 bridgehead atoms. The van der Waals surface area contributed by atoms with Crippen molar-refractivity contribution in [1.29, 1.82) is 0 Å². The lowest BCUT2D eigenvalue weighted by Crippen LogP contribution is -2.13. The van der Waals surface area contributed by atoms with Gasteiger partial charge in [-0.05, 0) is 136 Å². The summed E-state index contributed by atoms with van der Waals surface area (Å²) in [7, 11) is 0. The van der Waals surface area contributed by atoms with Crippen LogP contribution in [0.15, 0.2) is 0 Å². The molecule has 216 valence electrons. The van der Waals surface area contributed by atoms with Crippen molar-refractivity contribution in [3.63, 3.8) is 0 Å². The van der Waals surface area contributed by atoms with Crippen LogP contribution < -0.4 is 0 Å². The Morgan fingerprint density at radius 3 is 0.795 bits per heavy atom. The summed E-state index contributed by atoms with van der Waals surface area (Å²) in [4.78, 5) is 33.4. The van der Waals surface area contributed by atoms with Gasteiger partial charge in [-0.25, -0.2) is 0 Å². The van der Waals surface area contributed by atoms with Crippen LogP contribution in [0.5, 0.6) is 0 Å². The molecule has 2 aromatic rings. The third-order valence-corrected chi connectivity index (χ3v) is 12.7. The highest BCUT2D eigenvalue weighted by Gasteiger charge is 2.22. The average Bonchev–Trinajstić information content (AvgIpc) is 2.84. The predicted molar refractivity (Wildman–Crippen MR) is 193 cm³/mol. The van der Waals surface area contributed by atoms with Crippen LogP contribution in [0.2, 0.25) is 0 Å². The second-order valence-electron chi connectivity index (χ2n) is 7.57. The highest BCUT2D eigenvalue weighted by Crippen LogP contribution is 2.34. The molecule has 0 radical (unpaired) electrons. The number of esters is 3. The van der Waals surface area contributed by atoms with Crippen molar-refractivity contribution in [3.05, 3.63) is 54.8 Å². The first-order valence-electron chi connectivity index (χ1n) is 10.8. The summed E-state index contributed by atoms with van der Waals surface area (Å²) >= 11 is 12.8. The second-order valence-corrected chi connectivity index (χ2v) is 14.0. The fourth-order valence-corrected chi connectivity index (χ4v) is 11.3. The largest absolute Gasteiger partial charge is 0.461 e. The number of hydrogen-bond donors (Lipinski definition) is 3. The average molecular weight is 1220 g/mol. The Morgan fingerprint density at radius 2 is 0.641 bits per heavy atom. The molecule has 0 aliphatic rings. The number of rotatable bonds is 9. The van der Waals surface area contributed by atoms with E-state index >= 15 is 0 Å². The van der Waals surface area contributed by atoms with Crippen LogP contribution in [0.3, 0.4) is 0 Å². The number of benzene rings is 2. The lowest BCUT2D eigenvalue weighted by Gasteiger charge is -2.19. The van der Waals surface area contributed by atoms with Crippen LogP contribution in [0.25, 0.3) is 0 Å². The van der Waals surface area contributed by atoms with Crippen LogP contribution >= 0.6 is 136 Å². The van der Waals surface area contributed by atoms with E-state index in [1.54, 1.807) is 0 Å². The molecule has 15 heteroatoms. The summed E-state index contributed by atoms with van der Waals surface area (Å²) in [6.45, 7) is 4.09.